The van der Waals surface area contributed by atoms with Crippen molar-refractivity contribution in [2.24, 2.45) is 0 Å². The quantitative estimate of drug-likeness (QED) is 0.737. The number of amides is 1. The molecule has 1 amide bonds. The Bertz CT molecular complexity index is 902. The van der Waals surface area contributed by atoms with Gasteiger partial charge in [-0.1, -0.05) is 12.1 Å². The number of β-amino-alcohol motifs (C(OH)–C–C–N with tert-alkyl or cyclic N) is 1. The van der Waals surface area contributed by atoms with Crippen LogP contribution in [0.3, 0.4) is 0 Å². The second kappa shape index (κ2) is 7.65. The lowest BCUT2D eigenvalue weighted by Gasteiger charge is -2.22. The summed E-state index contributed by atoms with van der Waals surface area (Å²) in [5.74, 6) is -0.469. The molecule has 0 bridgehead atoms. The summed E-state index contributed by atoms with van der Waals surface area (Å²) < 4.78 is 14.1. The summed E-state index contributed by atoms with van der Waals surface area (Å²) in [5, 5.41) is 16.4. The lowest BCUT2D eigenvalue weighted by molar-refractivity contribution is -0.116. The van der Waals surface area contributed by atoms with Crippen molar-refractivity contribution in [2.75, 3.05) is 42.7 Å². The number of benzene rings is 2. The monoisotopic (exact) mass is 398 g/mol. The number of nitrogens with one attached hydrogen (secondary N) is 2. The predicted molar refractivity (Wildman–Crippen MR) is 113 cm³/mol. The van der Waals surface area contributed by atoms with Crippen LogP contribution in [0.1, 0.15) is 11.1 Å². The van der Waals surface area contributed by atoms with E-state index in [1.807, 2.05) is 50.2 Å². The highest BCUT2D eigenvalue weighted by molar-refractivity contribution is 5.98. The molecule has 6 nitrogen and oxygen atoms in total. The largest absolute Gasteiger partial charge is 0.390 e. The molecular formula is C22H27FN4O2. The van der Waals surface area contributed by atoms with E-state index in [4.69, 9.17) is 0 Å². The van der Waals surface area contributed by atoms with Gasteiger partial charge in [-0.2, -0.15) is 0 Å². The van der Waals surface area contributed by atoms with Crippen molar-refractivity contribution in [3.63, 3.8) is 0 Å². The van der Waals surface area contributed by atoms with Gasteiger partial charge in [0.2, 0.25) is 5.91 Å². The Labute approximate surface area is 170 Å². The fraction of sp³-hybridized carbons (Fsp3) is 0.409. The van der Waals surface area contributed by atoms with Crippen LogP contribution in [0.5, 0.6) is 0 Å². The van der Waals surface area contributed by atoms with E-state index in [-0.39, 0.29) is 17.8 Å². The molecule has 0 spiro atoms. The molecule has 2 heterocycles. The van der Waals surface area contributed by atoms with Crippen molar-refractivity contribution in [1.82, 2.24) is 4.90 Å². The average molecular weight is 398 g/mol. The van der Waals surface area contributed by atoms with Gasteiger partial charge < -0.3 is 25.5 Å². The smallest absolute Gasteiger partial charge is 0.247 e. The average Bonchev–Trinajstić information content (AvgIpc) is 3.30. The number of rotatable bonds is 4. The van der Waals surface area contributed by atoms with Gasteiger partial charge in [0.15, 0.2) is 0 Å². The number of halogens is 1. The fourth-order valence-corrected chi connectivity index (χ4v) is 4.23. The van der Waals surface area contributed by atoms with Gasteiger partial charge in [-0.15, -0.1) is 0 Å². The number of carbonyl (C=O) groups is 1. The Morgan fingerprint density at radius 1 is 1.28 bits per heavy atom. The van der Waals surface area contributed by atoms with Crippen LogP contribution < -0.4 is 15.5 Å². The maximum absolute atomic E-state index is 14.1. The van der Waals surface area contributed by atoms with Crippen LogP contribution >= 0.6 is 0 Å². The number of hydrogen-bond donors (Lipinski definition) is 3. The van der Waals surface area contributed by atoms with Gasteiger partial charge in [-0.25, -0.2) is 4.39 Å². The van der Waals surface area contributed by atoms with E-state index >= 15 is 0 Å². The highest BCUT2D eigenvalue weighted by Gasteiger charge is 2.33. The fourth-order valence-electron chi connectivity index (χ4n) is 4.23. The standard InChI is InChI=1S/C22H27FN4O2/c1-13-7-8-17(23)16-10-18(25-21(13)16)22(29)24-14-5-4-6-15(9-14)27-11-19(26(2)3)20(28)12-27/h4-9,18-20,25,28H,10-12H2,1-3H3,(H,24,29)/t18?,19-,20-/m1/s1. The van der Waals surface area contributed by atoms with E-state index < -0.39 is 12.1 Å². The first-order valence-electron chi connectivity index (χ1n) is 9.88. The minimum Gasteiger partial charge on any atom is -0.390 e. The van der Waals surface area contributed by atoms with Crippen molar-refractivity contribution < 1.29 is 14.3 Å². The van der Waals surface area contributed by atoms with Crippen LogP contribution in [0.2, 0.25) is 0 Å². The molecule has 2 aromatic rings. The van der Waals surface area contributed by atoms with Gasteiger partial charge in [0, 0.05) is 42.1 Å². The molecule has 154 valence electrons. The number of anilines is 3. The summed E-state index contributed by atoms with van der Waals surface area (Å²) in [4.78, 5) is 16.9. The Kier molecular flexibility index (Phi) is 5.19. The molecule has 2 aliphatic heterocycles. The van der Waals surface area contributed by atoms with E-state index in [1.54, 1.807) is 6.07 Å². The molecule has 1 fully saturated rings. The van der Waals surface area contributed by atoms with E-state index in [2.05, 4.69) is 15.5 Å². The van der Waals surface area contributed by atoms with Gasteiger partial charge in [-0.05, 0) is 50.8 Å². The zero-order valence-electron chi connectivity index (χ0n) is 16.9. The van der Waals surface area contributed by atoms with Crippen LogP contribution in [-0.2, 0) is 11.2 Å². The van der Waals surface area contributed by atoms with E-state index in [0.717, 1.165) is 23.5 Å². The number of aryl methyl sites for hydroxylation is 1. The van der Waals surface area contributed by atoms with Crippen molar-refractivity contribution in [1.29, 1.82) is 0 Å². The lowest BCUT2D eigenvalue weighted by atomic mass is 10.1. The van der Waals surface area contributed by atoms with Gasteiger partial charge in [0.1, 0.15) is 11.9 Å². The first kappa shape index (κ1) is 19.7. The number of hydrogen-bond acceptors (Lipinski definition) is 5. The number of aliphatic hydroxyl groups excluding tert-OH is 1. The van der Waals surface area contributed by atoms with Crippen LogP contribution in [0.15, 0.2) is 36.4 Å². The van der Waals surface area contributed by atoms with E-state index in [0.29, 0.717) is 24.2 Å². The highest BCUT2D eigenvalue weighted by atomic mass is 19.1. The Hall–Kier alpha value is -2.64. The third-order valence-electron chi connectivity index (χ3n) is 5.91. The Morgan fingerprint density at radius 2 is 2.07 bits per heavy atom. The summed E-state index contributed by atoms with van der Waals surface area (Å²) in [7, 11) is 3.93. The van der Waals surface area contributed by atoms with Crippen LogP contribution in [0.25, 0.3) is 0 Å². The topological polar surface area (TPSA) is 67.8 Å². The van der Waals surface area contributed by atoms with Crippen molar-refractivity contribution >= 4 is 23.0 Å². The zero-order valence-corrected chi connectivity index (χ0v) is 16.9. The molecule has 2 aliphatic rings. The Balaban J connectivity index is 1.45. The number of nitrogens with zero attached hydrogens (tertiary/aromatic N) is 2. The third kappa shape index (κ3) is 3.80. The summed E-state index contributed by atoms with van der Waals surface area (Å²) in [6.45, 7) is 3.18. The second-order valence-electron chi connectivity index (χ2n) is 8.16. The predicted octanol–water partition coefficient (Wildman–Crippen LogP) is 2.22. The molecule has 2 aromatic carbocycles. The summed E-state index contributed by atoms with van der Waals surface area (Å²) in [6.07, 6.45) is -0.0837. The molecule has 3 atom stereocenters. The SMILES string of the molecule is Cc1ccc(F)c2c1NC(C(=O)Nc1cccc(N3C[C@@H](O)[C@H](N(C)C)C3)c1)C2. The van der Waals surface area contributed by atoms with E-state index in [9.17, 15) is 14.3 Å². The van der Waals surface area contributed by atoms with Gasteiger partial charge in [0.05, 0.1) is 12.1 Å². The third-order valence-corrected chi connectivity index (χ3v) is 5.91. The molecule has 1 unspecified atom stereocenters. The second-order valence-corrected chi connectivity index (χ2v) is 8.16. The van der Waals surface area contributed by atoms with Crippen molar-refractivity contribution in [3.8, 4) is 0 Å². The molecular weight excluding hydrogens is 371 g/mol. The van der Waals surface area contributed by atoms with Crippen molar-refractivity contribution in [3.05, 3.63) is 53.3 Å². The molecule has 3 N–H and O–H groups in total. The Morgan fingerprint density at radius 3 is 2.76 bits per heavy atom. The number of aliphatic hydroxyl groups is 1. The molecule has 0 aliphatic carbocycles. The number of carbonyl (C=O) groups excluding carboxylic acids is 1. The summed E-state index contributed by atoms with van der Waals surface area (Å²) in [5.41, 5.74) is 3.86. The van der Waals surface area contributed by atoms with Gasteiger partial charge in [-0.3, -0.25) is 4.79 Å². The minimum absolute atomic E-state index is 0.0765. The normalized spacial score (nSPS) is 23.2. The van der Waals surface area contributed by atoms with Crippen LogP contribution in [-0.4, -0.2) is 61.3 Å². The lowest BCUT2D eigenvalue weighted by Crippen LogP contribution is -2.38. The molecule has 1 saturated heterocycles. The molecule has 29 heavy (non-hydrogen) atoms. The molecule has 0 radical (unpaired) electrons. The minimum atomic E-state index is -0.504. The van der Waals surface area contributed by atoms with Crippen LogP contribution in [0.4, 0.5) is 21.5 Å². The zero-order chi connectivity index (χ0) is 20.7. The number of fused-ring (bicyclic) bond motifs is 1. The first-order chi connectivity index (χ1) is 13.8. The van der Waals surface area contributed by atoms with Crippen LogP contribution in [0, 0.1) is 12.7 Å². The number of likely N-dealkylation sites (N-methyl/N-ethyl adjacent to an activating group) is 1. The molecule has 7 heteroatoms. The maximum atomic E-state index is 14.1. The first-order valence-corrected chi connectivity index (χ1v) is 9.88. The summed E-state index contributed by atoms with van der Waals surface area (Å²) in [6, 6.07) is 10.4. The van der Waals surface area contributed by atoms with E-state index in [1.165, 1.54) is 6.07 Å². The van der Waals surface area contributed by atoms with Crippen molar-refractivity contribution in [2.45, 2.75) is 31.5 Å². The molecule has 0 aromatic heterocycles. The summed E-state index contributed by atoms with van der Waals surface area (Å²) >= 11 is 0. The molecule has 0 saturated carbocycles. The maximum Gasteiger partial charge on any atom is 0.247 e. The molecule has 4 rings (SSSR count). The van der Waals surface area contributed by atoms with Gasteiger partial charge in [0.25, 0.3) is 0 Å². The highest BCUT2D eigenvalue weighted by Crippen LogP contribution is 2.32. The van der Waals surface area contributed by atoms with Gasteiger partial charge >= 0.3 is 0 Å².